The van der Waals surface area contributed by atoms with Gasteiger partial charge in [-0.25, -0.2) is 0 Å². The van der Waals surface area contributed by atoms with Crippen molar-refractivity contribution in [1.82, 2.24) is 4.90 Å². The second kappa shape index (κ2) is 10.4. The van der Waals surface area contributed by atoms with Crippen LogP contribution in [0.25, 0.3) is 0 Å². The highest BCUT2D eigenvalue weighted by Crippen LogP contribution is 2.16. The van der Waals surface area contributed by atoms with Crippen LogP contribution in [0.1, 0.15) is 58.3 Å². The zero-order valence-electron chi connectivity index (χ0n) is 11.6. The predicted octanol–water partition coefficient (Wildman–Crippen LogP) is 3.54. The molecule has 1 aliphatic rings. The van der Waals surface area contributed by atoms with E-state index in [0.717, 1.165) is 32.5 Å². The summed E-state index contributed by atoms with van der Waals surface area (Å²) in [6, 6.07) is 0. The fourth-order valence-corrected chi connectivity index (χ4v) is 3.12. The first-order valence-corrected chi connectivity index (χ1v) is 8.66. The van der Waals surface area contributed by atoms with Crippen LogP contribution in [0.4, 0.5) is 0 Å². The van der Waals surface area contributed by atoms with E-state index in [-0.39, 0.29) is 10.3 Å². The molecule has 0 saturated carbocycles. The molecule has 2 unspecified atom stereocenters. The van der Waals surface area contributed by atoms with Crippen LogP contribution in [-0.4, -0.2) is 40.0 Å². The molecule has 0 bridgehead atoms. The third kappa shape index (κ3) is 7.26. The maximum absolute atomic E-state index is 10.1. The van der Waals surface area contributed by atoms with Gasteiger partial charge in [-0.15, -0.1) is 0 Å². The van der Waals surface area contributed by atoms with E-state index in [1.165, 1.54) is 38.5 Å². The molecule has 3 nitrogen and oxygen atoms in total. The Morgan fingerprint density at radius 3 is 2.56 bits per heavy atom. The minimum atomic E-state index is -0.262. The zero-order valence-corrected chi connectivity index (χ0v) is 13.8. The molecule has 1 rings (SSSR count). The molecule has 1 N–H and O–H groups in total. The Bertz CT molecular complexity index is 204. The van der Waals surface area contributed by atoms with Gasteiger partial charge in [0.2, 0.25) is 0 Å². The van der Waals surface area contributed by atoms with E-state index in [2.05, 4.69) is 34.4 Å². The van der Waals surface area contributed by atoms with Crippen molar-refractivity contribution in [3.05, 3.63) is 0 Å². The van der Waals surface area contributed by atoms with Crippen LogP contribution < -0.4 is 0 Å². The molecule has 108 valence electrons. The highest BCUT2D eigenvalue weighted by molar-refractivity contribution is 14.1. The molecular formula is C14H28INO2. The molecule has 0 aliphatic carbocycles. The number of alkyl halides is 1. The second-order valence-electron chi connectivity index (χ2n) is 5.17. The molecule has 18 heavy (non-hydrogen) atoms. The fraction of sp³-hybridized carbons (Fsp3) is 1.00. The topological polar surface area (TPSA) is 32.7 Å². The molecule has 1 heterocycles. The lowest BCUT2D eigenvalue weighted by molar-refractivity contribution is -0.0675. The monoisotopic (exact) mass is 369 g/mol. The van der Waals surface area contributed by atoms with Gasteiger partial charge in [-0.1, -0.05) is 45.4 Å². The van der Waals surface area contributed by atoms with Crippen molar-refractivity contribution < 1.29 is 9.84 Å². The molecule has 0 aromatic heterocycles. The van der Waals surface area contributed by atoms with Gasteiger partial charge in [0.05, 0.1) is 6.61 Å². The van der Waals surface area contributed by atoms with Crippen LogP contribution in [0.2, 0.25) is 0 Å². The van der Waals surface area contributed by atoms with Gasteiger partial charge in [0.1, 0.15) is 10.3 Å². The van der Waals surface area contributed by atoms with Gasteiger partial charge in [0, 0.05) is 13.1 Å². The maximum Gasteiger partial charge on any atom is 0.121 e. The lowest BCUT2D eigenvalue weighted by Crippen LogP contribution is -2.45. The molecule has 2 atom stereocenters. The number of unbranched alkanes of at least 4 members (excludes halogenated alkanes) is 6. The lowest BCUT2D eigenvalue weighted by atomic mass is 10.1. The molecular weight excluding hydrogens is 341 g/mol. The first-order chi connectivity index (χ1) is 8.74. The van der Waals surface area contributed by atoms with E-state index in [1.807, 2.05) is 0 Å². The van der Waals surface area contributed by atoms with Gasteiger partial charge in [0.25, 0.3) is 0 Å². The van der Waals surface area contributed by atoms with Gasteiger partial charge < -0.3 is 9.84 Å². The lowest BCUT2D eigenvalue weighted by Gasteiger charge is -2.33. The zero-order chi connectivity index (χ0) is 13.2. The van der Waals surface area contributed by atoms with Crippen molar-refractivity contribution >= 4 is 22.6 Å². The van der Waals surface area contributed by atoms with E-state index >= 15 is 0 Å². The summed E-state index contributed by atoms with van der Waals surface area (Å²) >= 11 is 2.29. The van der Waals surface area contributed by atoms with Crippen molar-refractivity contribution in [1.29, 1.82) is 0 Å². The summed E-state index contributed by atoms with van der Waals surface area (Å²) < 4.78 is 5.71. The van der Waals surface area contributed by atoms with E-state index in [4.69, 9.17) is 4.74 Å². The Morgan fingerprint density at radius 2 is 1.89 bits per heavy atom. The van der Waals surface area contributed by atoms with E-state index in [0.29, 0.717) is 0 Å². The summed E-state index contributed by atoms with van der Waals surface area (Å²) in [4.78, 5) is 2.15. The molecule has 0 radical (unpaired) electrons. The summed E-state index contributed by atoms with van der Waals surface area (Å²) in [6.45, 7) is 4.73. The van der Waals surface area contributed by atoms with Crippen molar-refractivity contribution in [2.45, 2.75) is 68.6 Å². The number of rotatable bonds is 9. The molecule has 4 heteroatoms. The molecule has 1 saturated heterocycles. The molecule has 0 aromatic carbocycles. The number of halogens is 1. The Balaban J connectivity index is 1.97. The number of hydrogen-bond acceptors (Lipinski definition) is 3. The molecule has 0 amide bonds. The highest BCUT2D eigenvalue weighted by atomic mass is 127. The quantitative estimate of drug-likeness (QED) is 0.383. The minimum Gasteiger partial charge on any atom is -0.378 e. The average molecular weight is 369 g/mol. The molecule has 1 fully saturated rings. The van der Waals surface area contributed by atoms with Gasteiger partial charge in [-0.05, 0) is 35.4 Å². The first kappa shape index (κ1) is 16.7. The van der Waals surface area contributed by atoms with Crippen LogP contribution >= 0.6 is 22.6 Å². The van der Waals surface area contributed by atoms with Crippen molar-refractivity contribution in [2.24, 2.45) is 0 Å². The fourth-order valence-electron chi connectivity index (χ4n) is 2.36. The highest BCUT2D eigenvalue weighted by Gasteiger charge is 2.22. The minimum absolute atomic E-state index is 0.236. The van der Waals surface area contributed by atoms with Crippen LogP contribution in [0.3, 0.4) is 0 Å². The smallest absolute Gasteiger partial charge is 0.121 e. The summed E-state index contributed by atoms with van der Waals surface area (Å²) in [5.41, 5.74) is 0. The SMILES string of the molecule is CCCCCCCCCC(O)N1CCOC(I)C1. The van der Waals surface area contributed by atoms with E-state index in [1.54, 1.807) is 0 Å². The van der Waals surface area contributed by atoms with Crippen LogP contribution in [-0.2, 0) is 4.74 Å². The Kier molecular flexibility index (Phi) is 9.63. The first-order valence-electron chi connectivity index (χ1n) is 7.42. The summed E-state index contributed by atoms with van der Waals surface area (Å²) in [6.07, 6.45) is 9.80. The third-order valence-electron chi connectivity index (χ3n) is 3.54. The van der Waals surface area contributed by atoms with Crippen LogP contribution in [0, 0.1) is 0 Å². The standard InChI is InChI=1S/C14H28INO2/c1-2-3-4-5-6-7-8-9-14(17)16-10-11-18-13(15)12-16/h13-14,17H,2-12H2,1H3. The van der Waals surface area contributed by atoms with Crippen LogP contribution in [0.5, 0.6) is 0 Å². The third-order valence-corrected chi connectivity index (χ3v) is 4.30. The van der Waals surface area contributed by atoms with Crippen molar-refractivity contribution in [3.8, 4) is 0 Å². The number of aliphatic hydroxyl groups is 1. The number of morpholine rings is 1. The maximum atomic E-state index is 10.1. The molecule has 0 aromatic rings. The largest absolute Gasteiger partial charge is 0.378 e. The number of ether oxygens (including phenoxy) is 1. The Labute approximate surface area is 125 Å². The Morgan fingerprint density at radius 1 is 1.22 bits per heavy atom. The van der Waals surface area contributed by atoms with Gasteiger partial charge >= 0.3 is 0 Å². The van der Waals surface area contributed by atoms with Crippen LogP contribution in [0.15, 0.2) is 0 Å². The molecule has 1 aliphatic heterocycles. The summed E-state index contributed by atoms with van der Waals surface area (Å²) in [5.74, 6) is 0. The number of aliphatic hydroxyl groups excluding tert-OH is 1. The number of hydrogen-bond donors (Lipinski definition) is 1. The summed E-state index contributed by atoms with van der Waals surface area (Å²) in [7, 11) is 0. The molecule has 0 spiro atoms. The predicted molar refractivity (Wildman–Crippen MR) is 83.9 cm³/mol. The average Bonchev–Trinajstić information content (AvgIpc) is 2.37. The normalized spacial score (nSPS) is 23.2. The van der Waals surface area contributed by atoms with Gasteiger partial charge in [-0.2, -0.15) is 0 Å². The second-order valence-corrected chi connectivity index (χ2v) is 6.56. The Hall–Kier alpha value is 0.610. The summed E-state index contributed by atoms with van der Waals surface area (Å²) in [5, 5.41) is 10.1. The number of nitrogens with zero attached hydrogens (tertiary/aromatic N) is 1. The van der Waals surface area contributed by atoms with Crippen molar-refractivity contribution in [3.63, 3.8) is 0 Å². The van der Waals surface area contributed by atoms with E-state index in [9.17, 15) is 5.11 Å². The van der Waals surface area contributed by atoms with Crippen molar-refractivity contribution in [2.75, 3.05) is 19.7 Å². The van der Waals surface area contributed by atoms with Gasteiger partial charge in [0.15, 0.2) is 0 Å². The van der Waals surface area contributed by atoms with E-state index < -0.39 is 0 Å². The van der Waals surface area contributed by atoms with Gasteiger partial charge in [-0.3, -0.25) is 4.90 Å².